The second-order valence-electron chi connectivity index (χ2n) is 4.52. The number of methoxy groups -OCH3 is 1. The normalized spacial score (nSPS) is 12.0. The van der Waals surface area contributed by atoms with E-state index in [-0.39, 0.29) is 11.7 Å². The summed E-state index contributed by atoms with van der Waals surface area (Å²) in [6.07, 6.45) is 2.79. The Balaban J connectivity index is 2.23. The summed E-state index contributed by atoms with van der Waals surface area (Å²) in [5, 5.41) is 15.2. The summed E-state index contributed by atoms with van der Waals surface area (Å²) in [7, 11) is 1.48. The summed E-state index contributed by atoms with van der Waals surface area (Å²) in [4.78, 5) is 16.3. The van der Waals surface area contributed by atoms with E-state index in [1.807, 2.05) is 13.1 Å². The quantitative estimate of drug-likeness (QED) is 0.649. The smallest absolute Gasteiger partial charge is 0.296 e. The van der Waals surface area contributed by atoms with Crippen LogP contribution in [0.1, 0.15) is 29.8 Å². The molecule has 0 fully saturated rings. The second kappa shape index (κ2) is 6.53. The fourth-order valence-electron chi connectivity index (χ4n) is 1.89. The molecule has 0 aliphatic rings. The first-order valence-electron chi connectivity index (χ1n) is 6.58. The van der Waals surface area contributed by atoms with Gasteiger partial charge in [0.25, 0.3) is 5.69 Å². The number of rotatable bonds is 6. The average Bonchev–Trinajstić information content (AvgIpc) is 2.96. The molecule has 0 aliphatic heterocycles. The molecule has 1 heterocycles. The Morgan fingerprint density at radius 3 is 2.86 bits per heavy atom. The molecule has 21 heavy (non-hydrogen) atoms. The van der Waals surface area contributed by atoms with Crippen molar-refractivity contribution in [1.29, 1.82) is 0 Å². The molecule has 0 saturated carbocycles. The molecule has 0 aliphatic carbocycles. The molecule has 0 saturated heterocycles. The molecule has 1 atom stereocenters. The summed E-state index contributed by atoms with van der Waals surface area (Å²) < 4.78 is 5.02. The first-order chi connectivity index (χ1) is 10.0. The number of aromatic nitrogens is 1. The van der Waals surface area contributed by atoms with E-state index in [0.29, 0.717) is 11.4 Å². The number of nitro benzene ring substituents is 1. The molecular formula is C14H17N3O3S. The van der Waals surface area contributed by atoms with E-state index < -0.39 is 4.92 Å². The number of anilines is 1. The summed E-state index contributed by atoms with van der Waals surface area (Å²) in [5.41, 5.74) is 0.454. The van der Waals surface area contributed by atoms with Gasteiger partial charge >= 0.3 is 0 Å². The van der Waals surface area contributed by atoms with E-state index in [1.165, 1.54) is 18.1 Å². The predicted molar refractivity (Wildman–Crippen MR) is 83.2 cm³/mol. The molecule has 0 amide bonds. The van der Waals surface area contributed by atoms with Crippen molar-refractivity contribution in [2.24, 2.45) is 0 Å². The molecule has 0 bridgehead atoms. The summed E-state index contributed by atoms with van der Waals surface area (Å²) in [6, 6.07) is 4.67. The first kappa shape index (κ1) is 15.2. The number of nitrogens with one attached hydrogen (secondary N) is 1. The van der Waals surface area contributed by atoms with Crippen molar-refractivity contribution >= 4 is 22.7 Å². The standard InChI is InChI=1S/C14H17N3O3S/c1-4-11-8-15-14(21-11)9(2)16-12-6-5-10(20-3)7-13(12)17(18)19/h5-9,16H,4H2,1-3H3. The predicted octanol–water partition coefficient (Wildman–Crippen LogP) is 3.80. The van der Waals surface area contributed by atoms with Crippen LogP contribution in [0.4, 0.5) is 11.4 Å². The van der Waals surface area contributed by atoms with Gasteiger partial charge in [0.15, 0.2) is 0 Å². The molecule has 7 heteroatoms. The van der Waals surface area contributed by atoms with Crippen LogP contribution >= 0.6 is 11.3 Å². The zero-order valence-electron chi connectivity index (χ0n) is 12.1. The highest BCUT2D eigenvalue weighted by molar-refractivity contribution is 7.11. The maximum absolute atomic E-state index is 11.2. The number of nitro groups is 1. The van der Waals surface area contributed by atoms with E-state index in [4.69, 9.17) is 4.74 Å². The van der Waals surface area contributed by atoms with Crippen molar-refractivity contribution in [2.75, 3.05) is 12.4 Å². The highest BCUT2D eigenvalue weighted by Gasteiger charge is 2.18. The Labute approximate surface area is 126 Å². The lowest BCUT2D eigenvalue weighted by Crippen LogP contribution is -2.08. The van der Waals surface area contributed by atoms with Crippen LogP contribution in [0.25, 0.3) is 0 Å². The number of aryl methyl sites for hydroxylation is 1. The van der Waals surface area contributed by atoms with Crippen LogP contribution in [0.2, 0.25) is 0 Å². The zero-order valence-corrected chi connectivity index (χ0v) is 12.9. The molecule has 1 aromatic carbocycles. The molecule has 1 aromatic heterocycles. The second-order valence-corrected chi connectivity index (χ2v) is 5.67. The van der Waals surface area contributed by atoms with Gasteiger partial charge in [0, 0.05) is 11.1 Å². The minimum atomic E-state index is -0.420. The third-order valence-electron chi connectivity index (χ3n) is 3.06. The van der Waals surface area contributed by atoms with E-state index in [9.17, 15) is 10.1 Å². The molecule has 1 N–H and O–H groups in total. The third-order valence-corrected chi connectivity index (χ3v) is 4.39. The van der Waals surface area contributed by atoms with Crippen molar-refractivity contribution < 1.29 is 9.66 Å². The SMILES string of the molecule is CCc1cnc(C(C)Nc2ccc(OC)cc2[N+](=O)[O-])s1. The topological polar surface area (TPSA) is 77.3 Å². The number of benzene rings is 1. The zero-order chi connectivity index (χ0) is 15.4. The average molecular weight is 307 g/mol. The lowest BCUT2D eigenvalue weighted by atomic mass is 10.2. The van der Waals surface area contributed by atoms with E-state index in [0.717, 1.165) is 11.4 Å². The van der Waals surface area contributed by atoms with Crippen LogP contribution in [0.3, 0.4) is 0 Å². The Hall–Kier alpha value is -2.15. The molecule has 112 valence electrons. The number of hydrogen-bond donors (Lipinski definition) is 1. The van der Waals surface area contributed by atoms with Gasteiger partial charge in [0.1, 0.15) is 16.4 Å². The highest BCUT2D eigenvalue weighted by atomic mass is 32.1. The van der Waals surface area contributed by atoms with Crippen molar-refractivity contribution in [3.8, 4) is 5.75 Å². The largest absolute Gasteiger partial charge is 0.496 e. The monoisotopic (exact) mass is 307 g/mol. The van der Waals surface area contributed by atoms with Gasteiger partial charge in [0.2, 0.25) is 0 Å². The van der Waals surface area contributed by atoms with Crippen LogP contribution in [0.5, 0.6) is 5.75 Å². The van der Waals surface area contributed by atoms with Crippen LogP contribution in [-0.4, -0.2) is 17.0 Å². The number of nitrogens with zero attached hydrogens (tertiary/aromatic N) is 2. The van der Waals surface area contributed by atoms with Crippen LogP contribution in [0.15, 0.2) is 24.4 Å². The molecule has 0 spiro atoms. The first-order valence-corrected chi connectivity index (χ1v) is 7.40. The molecule has 2 aromatic rings. The Kier molecular flexibility index (Phi) is 4.74. The van der Waals surface area contributed by atoms with Crippen molar-refractivity contribution in [3.63, 3.8) is 0 Å². The minimum Gasteiger partial charge on any atom is -0.496 e. The molecule has 6 nitrogen and oxygen atoms in total. The summed E-state index contributed by atoms with van der Waals surface area (Å²) in [6.45, 7) is 4.01. The van der Waals surface area contributed by atoms with Gasteiger partial charge in [-0.05, 0) is 25.5 Å². The Bertz CT molecular complexity index is 642. The Morgan fingerprint density at radius 2 is 2.29 bits per heavy atom. The van der Waals surface area contributed by atoms with Gasteiger partial charge in [-0.2, -0.15) is 0 Å². The lowest BCUT2D eigenvalue weighted by Gasteiger charge is -2.13. The highest BCUT2D eigenvalue weighted by Crippen LogP contribution is 2.32. The van der Waals surface area contributed by atoms with Crippen LogP contribution in [0, 0.1) is 10.1 Å². The van der Waals surface area contributed by atoms with E-state index in [2.05, 4.69) is 17.2 Å². The molecule has 2 rings (SSSR count). The fraction of sp³-hybridized carbons (Fsp3) is 0.357. The van der Waals surface area contributed by atoms with Gasteiger partial charge in [-0.25, -0.2) is 4.98 Å². The number of ether oxygens (including phenoxy) is 1. The van der Waals surface area contributed by atoms with E-state index in [1.54, 1.807) is 23.5 Å². The molecular weight excluding hydrogens is 290 g/mol. The fourth-order valence-corrected chi connectivity index (χ4v) is 2.75. The number of hydrogen-bond acceptors (Lipinski definition) is 6. The van der Waals surface area contributed by atoms with Crippen molar-refractivity contribution in [3.05, 3.63) is 44.4 Å². The van der Waals surface area contributed by atoms with E-state index >= 15 is 0 Å². The lowest BCUT2D eigenvalue weighted by molar-refractivity contribution is -0.384. The molecule has 0 radical (unpaired) electrons. The Morgan fingerprint density at radius 1 is 1.52 bits per heavy atom. The number of thiazole rings is 1. The van der Waals surface area contributed by atoms with Gasteiger partial charge in [-0.15, -0.1) is 11.3 Å². The van der Waals surface area contributed by atoms with Gasteiger partial charge in [0.05, 0.1) is 24.1 Å². The third kappa shape index (κ3) is 3.49. The van der Waals surface area contributed by atoms with Crippen LogP contribution in [-0.2, 0) is 6.42 Å². The molecule has 1 unspecified atom stereocenters. The van der Waals surface area contributed by atoms with Crippen molar-refractivity contribution in [1.82, 2.24) is 4.98 Å². The van der Waals surface area contributed by atoms with Gasteiger partial charge in [-0.1, -0.05) is 6.92 Å². The van der Waals surface area contributed by atoms with Gasteiger partial charge in [-0.3, -0.25) is 10.1 Å². The maximum atomic E-state index is 11.2. The van der Waals surface area contributed by atoms with Crippen molar-refractivity contribution in [2.45, 2.75) is 26.3 Å². The minimum absolute atomic E-state index is 0.00605. The summed E-state index contributed by atoms with van der Waals surface area (Å²) in [5.74, 6) is 0.461. The van der Waals surface area contributed by atoms with Crippen LogP contribution < -0.4 is 10.1 Å². The maximum Gasteiger partial charge on any atom is 0.296 e. The van der Waals surface area contributed by atoms with Gasteiger partial charge < -0.3 is 10.1 Å². The summed E-state index contributed by atoms with van der Waals surface area (Å²) >= 11 is 1.61.